The molecule has 0 unspecified atom stereocenters. The quantitative estimate of drug-likeness (QED) is 0.298. The van der Waals surface area contributed by atoms with Crippen molar-refractivity contribution in [2.24, 2.45) is 11.6 Å². The average molecular weight is 237 g/mol. The first-order valence-electron chi connectivity index (χ1n) is 5.12. The number of nitrogens with zero attached hydrogens (tertiary/aromatic N) is 1. The van der Waals surface area contributed by atoms with Crippen LogP contribution >= 0.6 is 0 Å². The first-order valence-corrected chi connectivity index (χ1v) is 5.12. The molecule has 0 spiro atoms. The highest BCUT2D eigenvalue weighted by molar-refractivity contribution is 5.99. The number of carbonyl (C=O) groups excluding carboxylic acids is 2. The lowest BCUT2D eigenvalue weighted by atomic mass is 10.2. The maximum absolute atomic E-state index is 11.7. The highest BCUT2D eigenvalue weighted by Gasteiger charge is 2.09. The van der Waals surface area contributed by atoms with E-state index in [1.54, 1.807) is 6.07 Å². The van der Waals surface area contributed by atoms with Crippen LogP contribution in [0.4, 0.5) is 5.69 Å². The van der Waals surface area contributed by atoms with Crippen LogP contribution in [0.25, 0.3) is 0 Å². The van der Waals surface area contributed by atoms with Gasteiger partial charge in [0.25, 0.3) is 5.91 Å². The van der Waals surface area contributed by atoms with Gasteiger partial charge in [0.15, 0.2) is 0 Å². The molecule has 0 saturated heterocycles. The number of primary amides is 1. The number of anilines is 1. The number of hydrazine groups is 1. The molecule has 1 aromatic heterocycles. The van der Waals surface area contributed by atoms with E-state index in [4.69, 9.17) is 11.6 Å². The minimum atomic E-state index is -0.384. The van der Waals surface area contributed by atoms with Gasteiger partial charge in [-0.15, -0.1) is 0 Å². The van der Waals surface area contributed by atoms with Gasteiger partial charge in [-0.2, -0.15) is 0 Å². The van der Waals surface area contributed by atoms with E-state index in [0.29, 0.717) is 24.2 Å². The number of aromatic nitrogens is 1. The molecule has 0 aliphatic heterocycles. The summed E-state index contributed by atoms with van der Waals surface area (Å²) in [7, 11) is 0. The number of carbonyl (C=O) groups is 2. The number of amides is 2. The zero-order chi connectivity index (χ0) is 12.7. The molecule has 0 bridgehead atoms. The second-order valence-electron chi connectivity index (χ2n) is 3.39. The molecule has 0 saturated carbocycles. The summed E-state index contributed by atoms with van der Waals surface area (Å²) in [5, 5.41) is 2.65. The molecule has 6 N–H and O–H groups in total. The fraction of sp³-hybridized carbons (Fsp3) is 0.300. The van der Waals surface area contributed by atoms with Crippen molar-refractivity contribution in [1.82, 2.24) is 10.3 Å². The van der Waals surface area contributed by atoms with Gasteiger partial charge in [-0.1, -0.05) is 0 Å². The van der Waals surface area contributed by atoms with Crippen molar-refractivity contribution in [3.8, 4) is 0 Å². The smallest absolute Gasteiger partial charge is 0.255 e. The number of pyridine rings is 1. The maximum atomic E-state index is 11.7. The van der Waals surface area contributed by atoms with Crippen LogP contribution in [0.1, 0.15) is 23.2 Å². The molecule has 2 amide bonds. The molecule has 92 valence electrons. The molecule has 0 atom stereocenters. The number of hydrogen-bond acceptors (Lipinski definition) is 5. The van der Waals surface area contributed by atoms with Gasteiger partial charge in [-0.05, 0) is 12.5 Å². The Bertz CT molecular complexity index is 407. The minimum absolute atomic E-state index is 0.245. The zero-order valence-electron chi connectivity index (χ0n) is 9.27. The van der Waals surface area contributed by atoms with E-state index in [1.165, 1.54) is 12.4 Å². The Hall–Kier alpha value is -2.15. The highest BCUT2D eigenvalue weighted by Crippen LogP contribution is 2.11. The molecule has 7 nitrogen and oxygen atoms in total. The summed E-state index contributed by atoms with van der Waals surface area (Å²) in [6, 6.07) is 1.60. The number of nitrogens with two attached hydrogens (primary N) is 2. The molecule has 1 aromatic rings. The summed E-state index contributed by atoms with van der Waals surface area (Å²) in [4.78, 5) is 26.0. The van der Waals surface area contributed by atoms with Crippen LogP contribution in [0.15, 0.2) is 18.5 Å². The highest BCUT2D eigenvalue weighted by atomic mass is 16.2. The standard InChI is InChI=1S/C10H15N5O2/c11-9(16)2-1-4-14-10(17)7-6-13-5-3-8(7)15-12/h3,5-6H,1-2,4,12H2,(H2,11,16)(H,13,15)(H,14,17). The zero-order valence-corrected chi connectivity index (χ0v) is 9.27. The summed E-state index contributed by atoms with van der Waals surface area (Å²) in [6.07, 6.45) is 3.69. The van der Waals surface area contributed by atoms with Gasteiger partial charge in [0.05, 0.1) is 11.3 Å². The van der Waals surface area contributed by atoms with E-state index in [0.717, 1.165) is 0 Å². The lowest BCUT2D eigenvalue weighted by molar-refractivity contribution is -0.118. The number of nitrogen functional groups attached to an aromatic ring is 1. The predicted octanol–water partition coefficient (Wildman–Crippen LogP) is -0.637. The van der Waals surface area contributed by atoms with Crippen molar-refractivity contribution in [3.05, 3.63) is 24.0 Å². The first-order chi connectivity index (χ1) is 8.15. The third kappa shape index (κ3) is 4.07. The van der Waals surface area contributed by atoms with Crippen LogP contribution in [0.3, 0.4) is 0 Å². The fourth-order valence-corrected chi connectivity index (χ4v) is 1.26. The van der Waals surface area contributed by atoms with Crippen LogP contribution in [-0.2, 0) is 4.79 Å². The van der Waals surface area contributed by atoms with Crippen molar-refractivity contribution < 1.29 is 9.59 Å². The largest absolute Gasteiger partial charge is 0.370 e. The average Bonchev–Trinajstić information content (AvgIpc) is 2.34. The van der Waals surface area contributed by atoms with Crippen molar-refractivity contribution in [2.45, 2.75) is 12.8 Å². The fourth-order valence-electron chi connectivity index (χ4n) is 1.26. The van der Waals surface area contributed by atoms with Gasteiger partial charge in [0.1, 0.15) is 0 Å². The van der Waals surface area contributed by atoms with Gasteiger partial charge in [-0.25, -0.2) is 0 Å². The number of rotatable bonds is 6. The van der Waals surface area contributed by atoms with Crippen LogP contribution in [0.5, 0.6) is 0 Å². The molecular formula is C10H15N5O2. The lowest BCUT2D eigenvalue weighted by Crippen LogP contribution is -2.27. The minimum Gasteiger partial charge on any atom is -0.370 e. The Morgan fingerprint density at radius 3 is 2.82 bits per heavy atom. The third-order valence-electron chi connectivity index (χ3n) is 2.11. The molecule has 17 heavy (non-hydrogen) atoms. The second kappa shape index (κ2) is 6.44. The molecule has 0 aliphatic rings. The summed E-state index contributed by atoms with van der Waals surface area (Å²) >= 11 is 0. The molecule has 0 fully saturated rings. The molecule has 0 radical (unpaired) electrons. The van der Waals surface area contributed by atoms with Crippen molar-refractivity contribution in [1.29, 1.82) is 0 Å². The van der Waals surface area contributed by atoms with E-state index in [2.05, 4.69) is 15.7 Å². The molecule has 0 aromatic carbocycles. The van der Waals surface area contributed by atoms with Crippen LogP contribution in [0, 0.1) is 0 Å². The Labute approximate surface area is 98.5 Å². The van der Waals surface area contributed by atoms with Crippen LogP contribution in [-0.4, -0.2) is 23.3 Å². The Morgan fingerprint density at radius 1 is 1.41 bits per heavy atom. The summed E-state index contributed by atoms with van der Waals surface area (Å²) in [6.45, 7) is 0.376. The lowest BCUT2D eigenvalue weighted by Gasteiger charge is -2.08. The van der Waals surface area contributed by atoms with Crippen LogP contribution < -0.4 is 22.3 Å². The maximum Gasteiger partial charge on any atom is 0.255 e. The monoisotopic (exact) mass is 237 g/mol. The van der Waals surface area contributed by atoms with Crippen molar-refractivity contribution in [2.75, 3.05) is 12.0 Å². The van der Waals surface area contributed by atoms with E-state index < -0.39 is 0 Å². The molecule has 1 rings (SSSR count). The van der Waals surface area contributed by atoms with Gasteiger partial charge in [0.2, 0.25) is 5.91 Å². The molecule has 7 heteroatoms. The topological polar surface area (TPSA) is 123 Å². The van der Waals surface area contributed by atoms with E-state index in [9.17, 15) is 9.59 Å². The third-order valence-corrected chi connectivity index (χ3v) is 2.11. The van der Waals surface area contributed by atoms with Gasteiger partial charge in [-0.3, -0.25) is 20.4 Å². The Balaban J connectivity index is 2.49. The summed E-state index contributed by atoms with van der Waals surface area (Å²) in [5.74, 6) is 4.58. The Morgan fingerprint density at radius 2 is 2.18 bits per heavy atom. The van der Waals surface area contributed by atoms with Crippen molar-refractivity contribution >= 4 is 17.5 Å². The van der Waals surface area contributed by atoms with E-state index >= 15 is 0 Å². The summed E-state index contributed by atoms with van der Waals surface area (Å²) in [5.41, 5.74) is 8.24. The number of nitrogens with one attached hydrogen (secondary N) is 2. The Kier molecular flexibility index (Phi) is 4.89. The van der Waals surface area contributed by atoms with Crippen LogP contribution in [0.2, 0.25) is 0 Å². The van der Waals surface area contributed by atoms with E-state index in [-0.39, 0.29) is 18.2 Å². The van der Waals surface area contributed by atoms with Crippen molar-refractivity contribution in [3.63, 3.8) is 0 Å². The molecular weight excluding hydrogens is 222 g/mol. The van der Waals surface area contributed by atoms with Gasteiger partial charge >= 0.3 is 0 Å². The summed E-state index contributed by atoms with van der Waals surface area (Å²) < 4.78 is 0. The predicted molar refractivity (Wildman–Crippen MR) is 62.8 cm³/mol. The first kappa shape index (κ1) is 12.9. The molecule has 1 heterocycles. The normalized spacial score (nSPS) is 9.71. The SMILES string of the molecule is NNc1ccncc1C(=O)NCCCC(N)=O. The van der Waals surface area contributed by atoms with E-state index in [1.807, 2.05) is 0 Å². The molecule has 0 aliphatic carbocycles. The second-order valence-corrected chi connectivity index (χ2v) is 3.39. The van der Waals surface area contributed by atoms with Gasteiger partial charge < -0.3 is 16.5 Å². The van der Waals surface area contributed by atoms with Gasteiger partial charge in [0, 0.05) is 25.4 Å². The number of hydrogen-bond donors (Lipinski definition) is 4.